The number of hydrogen-bond donors (Lipinski definition) is 1. The van der Waals surface area contributed by atoms with Gasteiger partial charge in [0.2, 0.25) is 0 Å². The molecular formula is C13H16ClNO. The Morgan fingerprint density at radius 1 is 1.31 bits per heavy atom. The molecule has 0 aliphatic carbocycles. The van der Waals surface area contributed by atoms with Crippen molar-refractivity contribution < 1.29 is 4.74 Å². The summed E-state index contributed by atoms with van der Waals surface area (Å²) in [7, 11) is 0. The molecule has 2 unspecified atom stereocenters. The van der Waals surface area contributed by atoms with E-state index in [0.29, 0.717) is 12.0 Å². The van der Waals surface area contributed by atoms with E-state index in [1.165, 1.54) is 18.4 Å². The van der Waals surface area contributed by atoms with Gasteiger partial charge in [-0.15, -0.1) is 0 Å². The van der Waals surface area contributed by atoms with Crippen molar-refractivity contribution in [2.75, 3.05) is 18.5 Å². The van der Waals surface area contributed by atoms with E-state index in [4.69, 9.17) is 16.3 Å². The van der Waals surface area contributed by atoms with E-state index in [2.05, 4.69) is 11.4 Å². The average molecular weight is 238 g/mol. The van der Waals surface area contributed by atoms with Crippen molar-refractivity contribution in [1.29, 1.82) is 0 Å². The molecule has 0 saturated carbocycles. The van der Waals surface area contributed by atoms with Gasteiger partial charge in [-0.3, -0.25) is 0 Å². The summed E-state index contributed by atoms with van der Waals surface area (Å²) >= 11 is 6.21. The molecule has 1 saturated heterocycles. The second-order valence-corrected chi connectivity index (χ2v) is 4.98. The molecule has 2 aliphatic heterocycles. The molecular weight excluding hydrogens is 222 g/mol. The van der Waals surface area contributed by atoms with Gasteiger partial charge in [0.1, 0.15) is 0 Å². The highest BCUT2D eigenvalue weighted by molar-refractivity contribution is 6.33. The van der Waals surface area contributed by atoms with Crippen LogP contribution in [0.1, 0.15) is 30.7 Å². The quantitative estimate of drug-likeness (QED) is 0.808. The summed E-state index contributed by atoms with van der Waals surface area (Å²) in [6.07, 6.45) is 3.94. The van der Waals surface area contributed by atoms with Gasteiger partial charge < -0.3 is 10.1 Å². The molecule has 0 aromatic heterocycles. The lowest BCUT2D eigenvalue weighted by Gasteiger charge is -2.31. The van der Waals surface area contributed by atoms with Crippen molar-refractivity contribution in [3.63, 3.8) is 0 Å². The van der Waals surface area contributed by atoms with Crippen molar-refractivity contribution in [2.24, 2.45) is 0 Å². The van der Waals surface area contributed by atoms with Crippen LogP contribution in [0.2, 0.25) is 5.02 Å². The third-order valence-corrected chi connectivity index (χ3v) is 3.93. The molecule has 1 N–H and O–H groups in total. The number of para-hydroxylation sites is 1. The highest BCUT2D eigenvalue weighted by Crippen LogP contribution is 2.41. The fourth-order valence-corrected chi connectivity index (χ4v) is 3.10. The molecule has 3 rings (SSSR count). The number of ether oxygens (including phenoxy) is 1. The fourth-order valence-electron chi connectivity index (χ4n) is 2.85. The Morgan fingerprint density at radius 3 is 3.06 bits per heavy atom. The predicted octanol–water partition coefficient (Wildman–Crippen LogP) is 3.42. The fraction of sp³-hybridized carbons (Fsp3) is 0.538. The van der Waals surface area contributed by atoms with Crippen molar-refractivity contribution in [3.8, 4) is 0 Å². The van der Waals surface area contributed by atoms with Crippen molar-refractivity contribution in [1.82, 2.24) is 0 Å². The minimum atomic E-state index is 0.402. The molecule has 1 fully saturated rings. The Balaban J connectivity index is 1.96. The minimum absolute atomic E-state index is 0.402. The lowest BCUT2D eigenvalue weighted by Crippen LogP contribution is -2.26. The van der Waals surface area contributed by atoms with E-state index in [-0.39, 0.29) is 0 Å². The highest BCUT2D eigenvalue weighted by Gasteiger charge is 2.31. The van der Waals surface area contributed by atoms with Gasteiger partial charge in [0.25, 0.3) is 0 Å². The maximum Gasteiger partial charge on any atom is 0.0645 e. The monoisotopic (exact) mass is 237 g/mol. The van der Waals surface area contributed by atoms with Crippen LogP contribution in [0.4, 0.5) is 5.69 Å². The first-order valence-corrected chi connectivity index (χ1v) is 6.38. The van der Waals surface area contributed by atoms with Gasteiger partial charge in [0.15, 0.2) is 0 Å². The van der Waals surface area contributed by atoms with E-state index in [1.807, 2.05) is 12.1 Å². The highest BCUT2D eigenvalue weighted by atomic mass is 35.5. The number of halogens is 1. The van der Waals surface area contributed by atoms with Crippen molar-refractivity contribution in [2.45, 2.75) is 31.3 Å². The van der Waals surface area contributed by atoms with Crippen molar-refractivity contribution >= 4 is 17.3 Å². The molecule has 2 atom stereocenters. The molecule has 0 amide bonds. The number of benzene rings is 1. The smallest absolute Gasteiger partial charge is 0.0645 e. The molecule has 0 radical (unpaired) electrons. The summed E-state index contributed by atoms with van der Waals surface area (Å²) in [5, 5.41) is 4.23. The van der Waals surface area contributed by atoms with Gasteiger partial charge in [-0.05, 0) is 30.9 Å². The normalized spacial score (nSPS) is 28.6. The lowest BCUT2D eigenvalue weighted by atomic mass is 9.85. The molecule has 16 heavy (non-hydrogen) atoms. The van der Waals surface area contributed by atoms with Crippen LogP contribution in [0.5, 0.6) is 0 Å². The van der Waals surface area contributed by atoms with Gasteiger partial charge in [-0.1, -0.05) is 23.7 Å². The Morgan fingerprint density at radius 2 is 2.25 bits per heavy atom. The number of rotatable bonds is 1. The summed E-state index contributed by atoms with van der Waals surface area (Å²) in [5.41, 5.74) is 2.46. The first-order valence-electron chi connectivity index (χ1n) is 6.00. The second kappa shape index (κ2) is 4.27. The number of anilines is 1. The molecule has 2 aliphatic rings. The molecule has 2 nitrogen and oxygen atoms in total. The number of hydrogen-bond acceptors (Lipinski definition) is 2. The van der Waals surface area contributed by atoms with Crippen LogP contribution in [0.3, 0.4) is 0 Å². The molecule has 1 aromatic rings. The van der Waals surface area contributed by atoms with E-state index in [1.54, 1.807) is 0 Å². The lowest BCUT2D eigenvalue weighted by molar-refractivity contribution is 0.0861. The predicted molar refractivity (Wildman–Crippen MR) is 66.3 cm³/mol. The summed E-state index contributed by atoms with van der Waals surface area (Å²) < 4.78 is 5.82. The van der Waals surface area contributed by atoms with Crippen LogP contribution in [-0.4, -0.2) is 19.3 Å². The standard InChI is InChI=1S/C13H16ClNO/c14-11-4-1-3-10-9(6-7-15-13(10)11)12-5-2-8-16-12/h1,3-4,9,12,15H,2,5-8H2. The maximum absolute atomic E-state index is 6.21. The summed E-state index contributed by atoms with van der Waals surface area (Å²) in [6.45, 7) is 1.92. The van der Waals surface area contributed by atoms with Crippen molar-refractivity contribution in [3.05, 3.63) is 28.8 Å². The Kier molecular flexibility index (Phi) is 2.78. The zero-order valence-electron chi connectivity index (χ0n) is 9.21. The minimum Gasteiger partial charge on any atom is -0.384 e. The molecule has 3 heteroatoms. The van der Waals surface area contributed by atoms with Gasteiger partial charge >= 0.3 is 0 Å². The zero-order valence-corrected chi connectivity index (χ0v) is 9.96. The van der Waals surface area contributed by atoms with Gasteiger partial charge in [-0.2, -0.15) is 0 Å². The van der Waals surface area contributed by atoms with Gasteiger partial charge in [0, 0.05) is 19.1 Å². The topological polar surface area (TPSA) is 21.3 Å². The van der Waals surface area contributed by atoms with Crippen LogP contribution in [0.25, 0.3) is 0 Å². The molecule has 1 aromatic carbocycles. The number of fused-ring (bicyclic) bond motifs is 1. The SMILES string of the molecule is Clc1cccc2c1NCCC2C1CCCO1. The van der Waals surface area contributed by atoms with E-state index in [0.717, 1.165) is 30.3 Å². The molecule has 0 spiro atoms. The molecule has 0 bridgehead atoms. The molecule has 2 heterocycles. The summed E-state index contributed by atoms with van der Waals surface area (Å²) in [6, 6.07) is 6.17. The summed E-state index contributed by atoms with van der Waals surface area (Å²) in [4.78, 5) is 0. The third-order valence-electron chi connectivity index (χ3n) is 3.62. The van der Waals surface area contributed by atoms with Crippen LogP contribution in [-0.2, 0) is 4.74 Å². The van der Waals surface area contributed by atoms with E-state index < -0.39 is 0 Å². The van der Waals surface area contributed by atoms with Crippen LogP contribution in [0, 0.1) is 0 Å². The Hall–Kier alpha value is -0.730. The molecule has 86 valence electrons. The Bertz CT molecular complexity index is 388. The zero-order chi connectivity index (χ0) is 11.0. The third kappa shape index (κ3) is 1.70. The first-order chi connectivity index (χ1) is 7.86. The van der Waals surface area contributed by atoms with Crippen LogP contribution < -0.4 is 5.32 Å². The second-order valence-electron chi connectivity index (χ2n) is 4.58. The summed E-state index contributed by atoms with van der Waals surface area (Å²) in [5.74, 6) is 0.525. The van der Waals surface area contributed by atoms with Gasteiger partial charge in [0.05, 0.1) is 16.8 Å². The average Bonchev–Trinajstić information content (AvgIpc) is 2.82. The number of nitrogens with one attached hydrogen (secondary N) is 1. The van der Waals surface area contributed by atoms with E-state index in [9.17, 15) is 0 Å². The van der Waals surface area contributed by atoms with Crippen LogP contribution >= 0.6 is 11.6 Å². The van der Waals surface area contributed by atoms with E-state index >= 15 is 0 Å². The van der Waals surface area contributed by atoms with Crippen LogP contribution in [0.15, 0.2) is 18.2 Å². The largest absolute Gasteiger partial charge is 0.384 e. The first kappa shape index (κ1) is 10.4. The van der Waals surface area contributed by atoms with Gasteiger partial charge in [-0.25, -0.2) is 0 Å². The Labute approximate surface area is 101 Å². The maximum atomic E-state index is 6.21.